The molecule has 5 nitrogen and oxygen atoms in total. The van der Waals surface area contributed by atoms with Crippen LogP contribution in [0.2, 0.25) is 0 Å². The van der Waals surface area contributed by atoms with Crippen molar-refractivity contribution in [3.8, 4) is 0 Å². The highest BCUT2D eigenvalue weighted by Crippen LogP contribution is 2.19. The van der Waals surface area contributed by atoms with Gasteiger partial charge in [0.25, 0.3) is 0 Å². The van der Waals surface area contributed by atoms with Crippen molar-refractivity contribution in [3.05, 3.63) is 0 Å². The Balaban J connectivity index is 3.42. The fourth-order valence-electron chi connectivity index (χ4n) is 10.4. The summed E-state index contributed by atoms with van der Waals surface area (Å²) in [5.74, 6) is -0.135. The van der Waals surface area contributed by atoms with Crippen LogP contribution < -0.4 is 5.32 Å². The van der Waals surface area contributed by atoms with Gasteiger partial charge in [-0.05, 0) is 12.8 Å². The maximum Gasteiger partial charge on any atom is 0.220 e. The first-order chi connectivity index (χ1) is 33.1. The summed E-state index contributed by atoms with van der Waals surface area (Å²) in [6.45, 7) is 4.23. The highest BCUT2D eigenvalue weighted by Gasteiger charge is 2.26. The minimum absolute atomic E-state index is 0.135. The van der Waals surface area contributed by atoms with Gasteiger partial charge >= 0.3 is 0 Å². The maximum absolute atomic E-state index is 12.5. The smallest absolute Gasteiger partial charge is 0.220 e. The lowest BCUT2D eigenvalue weighted by atomic mass is 9.99. The predicted molar refractivity (Wildman–Crippen MR) is 296 cm³/mol. The Labute approximate surface area is 421 Å². The molecule has 1 amide bonds. The minimum atomic E-state index is -1.13. The molecule has 4 N–H and O–H groups in total. The summed E-state index contributed by atoms with van der Waals surface area (Å²) in [6, 6.07) is -0.805. The Morgan fingerprint density at radius 1 is 0.313 bits per heavy atom. The SMILES string of the molecule is CCCCCCCCCCCCCCCCCCCCCCCCCCCCCCCCCCCCCC(=O)NC(CO)C(O)C(O)CCCCCCCCCCCCCCCCCCCC. The molecule has 0 aromatic rings. The monoisotopic (exact) mass is 948 g/mol. The van der Waals surface area contributed by atoms with Crippen molar-refractivity contribution < 1.29 is 20.1 Å². The lowest BCUT2D eigenvalue weighted by Crippen LogP contribution is -2.50. The number of rotatable bonds is 59. The van der Waals surface area contributed by atoms with Gasteiger partial charge in [0, 0.05) is 6.42 Å². The van der Waals surface area contributed by atoms with E-state index in [1.54, 1.807) is 0 Å². The van der Waals surface area contributed by atoms with Crippen molar-refractivity contribution in [1.82, 2.24) is 5.32 Å². The average molecular weight is 949 g/mol. The van der Waals surface area contributed by atoms with Gasteiger partial charge < -0.3 is 20.6 Å². The molecule has 0 radical (unpaired) electrons. The van der Waals surface area contributed by atoms with E-state index >= 15 is 0 Å². The molecule has 67 heavy (non-hydrogen) atoms. The van der Waals surface area contributed by atoms with E-state index < -0.39 is 18.2 Å². The molecule has 3 unspecified atom stereocenters. The molecule has 402 valence electrons. The van der Waals surface area contributed by atoms with E-state index in [0.717, 1.165) is 32.1 Å². The van der Waals surface area contributed by atoms with Crippen LogP contribution in [0.15, 0.2) is 0 Å². The molecule has 0 aliphatic carbocycles. The van der Waals surface area contributed by atoms with Crippen LogP contribution in [0.5, 0.6) is 0 Å². The number of aliphatic hydroxyl groups is 3. The zero-order valence-corrected chi connectivity index (χ0v) is 46.1. The normalized spacial score (nSPS) is 13.1. The molecule has 0 fully saturated rings. The highest BCUT2D eigenvalue weighted by molar-refractivity contribution is 5.76. The summed E-state index contributed by atoms with van der Waals surface area (Å²) >= 11 is 0. The molecule has 0 aliphatic rings. The maximum atomic E-state index is 12.5. The van der Waals surface area contributed by atoms with E-state index in [1.165, 1.54) is 308 Å². The summed E-state index contributed by atoms with van der Waals surface area (Å²) < 4.78 is 0. The molecule has 3 atom stereocenters. The second-order valence-corrected chi connectivity index (χ2v) is 22.0. The van der Waals surface area contributed by atoms with Gasteiger partial charge in [0.05, 0.1) is 18.8 Å². The number of carbonyl (C=O) groups is 1. The molecule has 0 aromatic carbocycles. The van der Waals surface area contributed by atoms with Crippen LogP contribution in [0.4, 0.5) is 0 Å². The quantitative estimate of drug-likeness (QED) is 0.0457. The number of hydrogen-bond acceptors (Lipinski definition) is 4. The number of hydrogen-bond donors (Lipinski definition) is 4. The zero-order valence-electron chi connectivity index (χ0n) is 46.1. The molecule has 0 heterocycles. The summed E-state index contributed by atoms with van der Waals surface area (Å²) in [5, 5.41) is 33.8. The Morgan fingerprint density at radius 3 is 0.716 bits per heavy atom. The third-order valence-corrected chi connectivity index (χ3v) is 15.2. The number of amides is 1. The molecule has 0 aliphatic heterocycles. The molecule has 0 saturated heterocycles. The second kappa shape index (κ2) is 57.9. The van der Waals surface area contributed by atoms with Gasteiger partial charge in [-0.15, -0.1) is 0 Å². The molecule has 0 rings (SSSR count). The van der Waals surface area contributed by atoms with Crippen LogP contribution in [0, 0.1) is 0 Å². The Kier molecular flexibility index (Phi) is 57.4. The number of carbonyl (C=O) groups excluding carboxylic acids is 1. The average Bonchev–Trinajstić information content (AvgIpc) is 3.33. The predicted octanol–water partition coefficient (Wildman–Crippen LogP) is 19.7. The summed E-state index contributed by atoms with van der Waals surface area (Å²) in [6.07, 6.45) is 71.5. The lowest BCUT2D eigenvalue weighted by Gasteiger charge is -2.26. The van der Waals surface area contributed by atoms with Crippen LogP contribution >= 0.6 is 0 Å². The number of unbranched alkanes of at least 4 members (excludes halogenated alkanes) is 51. The van der Waals surface area contributed by atoms with E-state index in [1.807, 2.05) is 0 Å². The molecule has 0 bridgehead atoms. The van der Waals surface area contributed by atoms with Crippen molar-refractivity contribution in [1.29, 1.82) is 0 Å². The third-order valence-electron chi connectivity index (χ3n) is 15.2. The van der Waals surface area contributed by atoms with Gasteiger partial charge in [-0.25, -0.2) is 0 Å². The molecular formula is C62H125NO4. The van der Waals surface area contributed by atoms with Crippen molar-refractivity contribution in [2.75, 3.05) is 6.61 Å². The number of aliphatic hydroxyl groups excluding tert-OH is 3. The fraction of sp³-hybridized carbons (Fsp3) is 0.984. The van der Waals surface area contributed by atoms with Gasteiger partial charge in [0.2, 0.25) is 5.91 Å². The Hall–Kier alpha value is -0.650. The highest BCUT2D eigenvalue weighted by atomic mass is 16.3. The lowest BCUT2D eigenvalue weighted by molar-refractivity contribution is -0.124. The van der Waals surface area contributed by atoms with Gasteiger partial charge in [0.15, 0.2) is 0 Å². The molecular weight excluding hydrogens is 823 g/mol. The summed E-state index contributed by atoms with van der Waals surface area (Å²) in [4.78, 5) is 12.5. The first-order valence-electron chi connectivity index (χ1n) is 31.3. The first-order valence-corrected chi connectivity index (χ1v) is 31.3. The van der Waals surface area contributed by atoms with E-state index in [9.17, 15) is 20.1 Å². The standard InChI is InChI=1S/C62H125NO4/c1-3-5-7-9-11-13-15-17-19-21-23-24-25-26-27-28-29-30-31-32-33-34-35-36-37-38-39-41-43-45-47-49-51-53-55-57-61(66)63-59(58-64)62(67)60(65)56-54-52-50-48-46-44-42-40-22-20-18-16-14-12-10-8-6-4-2/h59-60,62,64-65,67H,3-58H2,1-2H3,(H,63,66). The minimum Gasteiger partial charge on any atom is -0.394 e. The number of nitrogens with one attached hydrogen (secondary N) is 1. The molecule has 0 saturated carbocycles. The van der Waals surface area contributed by atoms with Crippen molar-refractivity contribution in [3.63, 3.8) is 0 Å². The van der Waals surface area contributed by atoms with Gasteiger partial charge in [0.1, 0.15) is 6.10 Å². The van der Waals surface area contributed by atoms with E-state index in [4.69, 9.17) is 0 Å². The van der Waals surface area contributed by atoms with Crippen LogP contribution in [-0.4, -0.2) is 46.1 Å². The first kappa shape index (κ1) is 66.3. The van der Waals surface area contributed by atoms with Crippen LogP contribution in [0.25, 0.3) is 0 Å². The summed E-state index contributed by atoms with van der Waals surface area (Å²) in [5.41, 5.74) is 0. The Bertz CT molecular complexity index is 914. The van der Waals surface area contributed by atoms with Gasteiger partial charge in [-0.2, -0.15) is 0 Å². The topological polar surface area (TPSA) is 89.8 Å². The molecule has 0 aromatic heterocycles. The van der Waals surface area contributed by atoms with Gasteiger partial charge in [-0.3, -0.25) is 4.79 Å². The third kappa shape index (κ3) is 53.0. The van der Waals surface area contributed by atoms with Crippen molar-refractivity contribution >= 4 is 5.91 Å². The molecule has 5 heteroatoms. The van der Waals surface area contributed by atoms with Crippen LogP contribution in [0.1, 0.15) is 367 Å². The largest absolute Gasteiger partial charge is 0.394 e. The van der Waals surface area contributed by atoms with Crippen LogP contribution in [-0.2, 0) is 4.79 Å². The zero-order chi connectivity index (χ0) is 48.6. The second-order valence-electron chi connectivity index (χ2n) is 22.0. The Morgan fingerprint density at radius 2 is 0.507 bits per heavy atom. The van der Waals surface area contributed by atoms with Crippen LogP contribution in [0.3, 0.4) is 0 Å². The van der Waals surface area contributed by atoms with E-state index in [2.05, 4.69) is 19.2 Å². The fourth-order valence-corrected chi connectivity index (χ4v) is 10.4. The van der Waals surface area contributed by atoms with Gasteiger partial charge in [-0.1, -0.05) is 348 Å². The summed E-state index contributed by atoms with van der Waals surface area (Å²) in [7, 11) is 0. The van der Waals surface area contributed by atoms with E-state index in [0.29, 0.717) is 12.8 Å². The van der Waals surface area contributed by atoms with E-state index in [-0.39, 0.29) is 12.5 Å². The van der Waals surface area contributed by atoms with Crippen molar-refractivity contribution in [2.45, 2.75) is 385 Å². The van der Waals surface area contributed by atoms with Crippen molar-refractivity contribution in [2.24, 2.45) is 0 Å². The molecule has 0 spiro atoms.